The van der Waals surface area contributed by atoms with E-state index in [1.807, 2.05) is 0 Å². The van der Waals surface area contributed by atoms with Crippen LogP contribution in [0.2, 0.25) is 0 Å². The molecule has 0 aromatic heterocycles. The number of benzene rings is 1. The molecule has 2 heteroatoms. The minimum atomic E-state index is 0.337. The topological polar surface area (TPSA) is 35.2 Å². The number of hydrogen-bond donors (Lipinski definition) is 1. The van der Waals surface area contributed by atoms with E-state index in [0.29, 0.717) is 11.5 Å². The fraction of sp³-hybridized carbons (Fsp3) is 0.647. The van der Waals surface area contributed by atoms with E-state index in [-0.39, 0.29) is 0 Å². The van der Waals surface area contributed by atoms with Crippen molar-refractivity contribution in [2.75, 3.05) is 6.54 Å². The summed E-state index contributed by atoms with van der Waals surface area (Å²) in [6, 6.07) is 8.45. The minimum Gasteiger partial charge on any atom is -0.490 e. The van der Waals surface area contributed by atoms with Gasteiger partial charge in [0.1, 0.15) is 11.9 Å². The highest BCUT2D eigenvalue weighted by Crippen LogP contribution is 2.41. The van der Waals surface area contributed by atoms with Crippen LogP contribution in [-0.4, -0.2) is 12.6 Å². The molecule has 1 aromatic rings. The van der Waals surface area contributed by atoms with Gasteiger partial charge in [0.15, 0.2) is 0 Å². The lowest BCUT2D eigenvalue weighted by Gasteiger charge is -2.33. The van der Waals surface area contributed by atoms with Crippen LogP contribution in [0.15, 0.2) is 24.3 Å². The van der Waals surface area contributed by atoms with Crippen molar-refractivity contribution < 1.29 is 4.74 Å². The Kier molecular flexibility index (Phi) is 3.79. The van der Waals surface area contributed by atoms with Gasteiger partial charge in [-0.1, -0.05) is 43.9 Å². The zero-order valence-electron chi connectivity index (χ0n) is 11.7. The van der Waals surface area contributed by atoms with Gasteiger partial charge in [-0.2, -0.15) is 0 Å². The number of para-hydroxylation sites is 1. The number of fused-ring (bicyclic) bond motifs is 1. The third-order valence-electron chi connectivity index (χ3n) is 4.97. The zero-order chi connectivity index (χ0) is 13.1. The molecule has 1 unspecified atom stereocenters. The van der Waals surface area contributed by atoms with Crippen LogP contribution in [0.3, 0.4) is 0 Å². The molecule has 1 aliphatic carbocycles. The zero-order valence-corrected chi connectivity index (χ0v) is 11.7. The summed E-state index contributed by atoms with van der Waals surface area (Å²) in [6.45, 7) is 0.823. The molecular weight excluding hydrogens is 234 g/mol. The van der Waals surface area contributed by atoms with Crippen LogP contribution in [0.5, 0.6) is 5.75 Å². The van der Waals surface area contributed by atoms with Gasteiger partial charge in [-0.25, -0.2) is 0 Å². The average molecular weight is 259 g/mol. The maximum Gasteiger partial charge on any atom is 0.123 e. The predicted octanol–water partition coefficient (Wildman–Crippen LogP) is 3.68. The maximum absolute atomic E-state index is 6.14. The van der Waals surface area contributed by atoms with Crippen LogP contribution in [0.1, 0.15) is 50.5 Å². The minimum absolute atomic E-state index is 0.337. The van der Waals surface area contributed by atoms with Gasteiger partial charge in [-0.15, -0.1) is 0 Å². The molecule has 2 aliphatic rings. The second-order valence-corrected chi connectivity index (χ2v) is 6.37. The monoisotopic (exact) mass is 259 g/mol. The van der Waals surface area contributed by atoms with E-state index in [1.54, 1.807) is 0 Å². The SMILES string of the molecule is NCC1(CC2Cc3ccccc3O2)CCCCCC1. The summed E-state index contributed by atoms with van der Waals surface area (Å²) < 4.78 is 6.12. The van der Waals surface area contributed by atoms with Crippen molar-refractivity contribution in [3.63, 3.8) is 0 Å². The van der Waals surface area contributed by atoms with E-state index < -0.39 is 0 Å². The lowest BCUT2D eigenvalue weighted by atomic mass is 9.75. The Labute approximate surface area is 116 Å². The van der Waals surface area contributed by atoms with E-state index in [0.717, 1.165) is 25.1 Å². The van der Waals surface area contributed by atoms with E-state index in [1.165, 1.54) is 44.1 Å². The Morgan fingerprint density at radius 2 is 1.84 bits per heavy atom. The first-order valence-corrected chi connectivity index (χ1v) is 7.76. The molecule has 2 N–H and O–H groups in total. The standard InChI is InChI=1S/C17H25NO/c18-13-17(9-5-1-2-6-10-17)12-15-11-14-7-3-4-8-16(14)19-15/h3-4,7-8,15H,1-2,5-6,9-13,18H2. The van der Waals surface area contributed by atoms with Gasteiger partial charge < -0.3 is 10.5 Å². The van der Waals surface area contributed by atoms with E-state index in [4.69, 9.17) is 10.5 Å². The number of ether oxygens (including phenoxy) is 1. The molecule has 0 saturated heterocycles. The maximum atomic E-state index is 6.14. The van der Waals surface area contributed by atoms with E-state index in [2.05, 4.69) is 24.3 Å². The molecule has 1 aromatic carbocycles. The molecule has 1 aliphatic heterocycles. The van der Waals surface area contributed by atoms with Crippen LogP contribution in [0.25, 0.3) is 0 Å². The molecule has 1 atom stereocenters. The quantitative estimate of drug-likeness (QED) is 0.840. The largest absolute Gasteiger partial charge is 0.490 e. The van der Waals surface area contributed by atoms with Crippen LogP contribution < -0.4 is 10.5 Å². The fourth-order valence-electron chi connectivity index (χ4n) is 3.82. The van der Waals surface area contributed by atoms with Crippen molar-refractivity contribution in [3.8, 4) is 5.75 Å². The molecule has 19 heavy (non-hydrogen) atoms. The normalized spacial score (nSPS) is 25.4. The molecule has 2 nitrogen and oxygen atoms in total. The molecule has 1 saturated carbocycles. The lowest BCUT2D eigenvalue weighted by Crippen LogP contribution is -2.35. The third-order valence-corrected chi connectivity index (χ3v) is 4.97. The van der Waals surface area contributed by atoms with E-state index >= 15 is 0 Å². The molecule has 0 amide bonds. The Hall–Kier alpha value is -1.02. The van der Waals surface area contributed by atoms with Crippen LogP contribution in [0.4, 0.5) is 0 Å². The van der Waals surface area contributed by atoms with Gasteiger partial charge in [-0.05, 0) is 42.9 Å². The van der Waals surface area contributed by atoms with Crippen LogP contribution in [0, 0.1) is 5.41 Å². The Morgan fingerprint density at radius 1 is 1.11 bits per heavy atom. The average Bonchev–Trinajstić information content (AvgIpc) is 2.69. The van der Waals surface area contributed by atoms with Gasteiger partial charge in [0.25, 0.3) is 0 Å². The second kappa shape index (κ2) is 5.54. The summed E-state index contributed by atoms with van der Waals surface area (Å²) in [5, 5.41) is 0. The fourth-order valence-corrected chi connectivity index (χ4v) is 3.82. The summed E-state index contributed by atoms with van der Waals surface area (Å²) in [5.41, 5.74) is 7.84. The summed E-state index contributed by atoms with van der Waals surface area (Å²) in [6.07, 6.45) is 10.6. The van der Waals surface area contributed by atoms with Crippen molar-refractivity contribution in [3.05, 3.63) is 29.8 Å². The summed E-state index contributed by atoms with van der Waals surface area (Å²) in [5.74, 6) is 1.09. The Balaban J connectivity index is 1.68. The van der Waals surface area contributed by atoms with Gasteiger partial charge in [0.05, 0.1) is 0 Å². The van der Waals surface area contributed by atoms with Gasteiger partial charge in [-0.3, -0.25) is 0 Å². The van der Waals surface area contributed by atoms with Crippen LogP contribution in [-0.2, 0) is 6.42 Å². The van der Waals surface area contributed by atoms with E-state index in [9.17, 15) is 0 Å². The second-order valence-electron chi connectivity index (χ2n) is 6.37. The van der Waals surface area contributed by atoms with Crippen molar-refractivity contribution in [1.29, 1.82) is 0 Å². The first kappa shape index (κ1) is 13.0. The first-order chi connectivity index (χ1) is 9.31. The highest BCUT2D eigenvalue weighted by atomic mass is 16.5. The number of hydrogen-bond acceptors (Lipinski definition) is 2. The van der Waals surface area contributed by atoms with Gasteiger partial charge >= 0.3 is 0 Å². The van der Waals surface area contributed by atoms with Gasteiger partial charge in [0.2, 0.25) is 0 Å². The number of rotatable bonds is 3. The van der Waals surface area contributed by atoms with Crippen molar-refractivity contribution in [2.24, 2.45) is 11.1 Å². The molecule has 104 valence electrons. The van der Waals surface area contributed by atoms with Crippen molar-refractivity contribution in [2.45, 2.75) is 57.5 Å². The molecule has 1 heterocycles. The summed E-state index contributed by atoms with van der Waals surface area (Å²) >= 11 is 0. The smallest absolute Gasteiger partial charge is 0.123 e. The first-order valence-electron chi connectivity index (χ1n) is 7.76. The summed E-state index contributed by atoms with van der Waals surface area (Å²) in [7, 11) is 0. The molecule has 1 fully saturated rings. The van der Waals surface area contributed by atoms with Crippen LogP contribution >= 0.6 is 0 Å². The lowest BCUT2D eigenvalue weighted by molar-refractivity contribution is 0.124. The van der Waals surface area contributed by atoms with Gasteiger partial charge in [0, 0.05) is 6.42 Å². The molecule has 0 radical (unpaired) electrons. The summed E-state index contributed by atoms with van der Waals surface area (Å²) in [4.78, 5) is 0. The molecule has 3 rings (SSSR count). The Bertz CT molecular complexity index is 396. The third kappa shape index (κ3) is 2.79. The van der Waals surface area contributed by atoms with Crippen molar-refractivity contribution >= 4 is 0 Å². The highest BCUT2D eigenvalue weighted by molar-refractivity contribution is 5.37. The molecular formula is C17H25NO. The molecule has 0 spiro atoms. The number of nitrogens with two attached hydrogens (primary N) is 1. The van der Waals surface area contributed by atoms with Crippen molar-refractivity contribution in [1.82, 2.24) is 0 Å². The predicted molar refractivity (Wildman–Crippen MR) is 78.4 cm³/mol. The molecule has 0 bridgehead atoms. The highest BCUT2D eigenvalue weighted by Gasteiger charge is 2.35. The Morgan fingerprint density at radius 3 is 2.53 bits per heavy atom.